The van der Waals surface area contributed by atoms with E-state index in [9.17, 15) is 4.79 Å². The molecule has 0 amide bonds. The van der Waals surface area contributed by atoms with E-state index in [4.69, 9.17) is 16.7 Å². The third kappa shape index (κ3) is 3.67. The quantitative estimate of drug-likeness (QED) is 0.570. The van der Waals surface area contributed by atoms with Crippen molar-refractivity contribution in [3.63, 3.8) is 0 Å². The molecule has 0 bridgehead atoms. The van der Waals surface area contributed by atoms with E-state index in [1.165, 1.54) is 6.07 Å². The van der Waals surface area contributed by atoms with E-state index in [0.29, 0.717) is 5.82 Å². The summed E-state index contributed by atoms with van der Waals surface area (Å²) in [5, 5.41) is 18.1. The van der Waals surface area contributed by atoms with Crippen LogP contribution in [-0.2, 0) is 0 Å². The number of carbonyl (C=O) groups is 1. The van der Waals surface area contributed by atoms with Crippen LogP contribution in [0.2, 0.25) is 5.28 Å². The Balaban J connectivity index is 0.00000162. The first-order valence-corrected chi connectivity index (χ1v) is 4.99. The molecule has 90 valence electrons. The van der Waals surface area contributed by atoms with E-state index in [0.717, 1.165) is 5.69 Å². The second kappa shape index (κ2) is 6.14. The number of hydrogen-bond donors (Lipinski definition) is 3. The second-order valence-electron chi connectivity index (χ2n) is 3.27. The van der Waals surface area contributed by atoms with Crippen molar-refractivity contribution in [1.29, 1.82) is 0 Å². The van der Waals surface area contributed by atoms with Crippen LogP contribution in [0.5, 0.6) is 0 Å². The van der Waals surface area contributed by atoms with Crippen LogP contribution in [0.3, 0.4) is 0 Å². The number of carboxylic acids is 1. The second-order valence-corrected chi connectivity index (χ2v) is 3.61. The standard InChI is InChI=1S/C9H8ClN5O2.Na.H/c1-4-2-7(15-14-4)12-6-3-5(8(16)17)11-9(10)13-6;;/h2-3H,1H3,(H,16,17)(H2,11,12,13,14,15);;. The Kier molecular flexibility index (Phi) is 5.09. The molecule has 0 aliphatic rings. The first kappa shape index (κ1) is 14.9. The van der Waals surface area contributed by atoms with Gasteiger partial charge in [-0.05, 0) is 18.5 Å². The fourth-order valence-electron chi connectivity index (χ4n) is 1.20. The topological polar surface area (TPSA) is 104 Å². The molecule has 0 atom stereocenters. The maximum absolute atomic E-state index is 10.8. The number of aromatic carboxylic acids is 1. The first-order valence-electron chi connectivity index (χ1n) is 4.61. The SMILES string of the molecule is Cc1cc(Nc2cc(C(=O)O)nc(Cl)n2)n[nH]1.[NaH]. The van der Waals surface area contributed by atoms with E-state index in [1.807, 2.05) is 6.92 Å². The number of halogens is 1. The summed E-state index contributed by atoms with van der Waals surface area (Å²) in [5.41, 5.74) is 0.686. The van der Waals surface area contributed by atoms with E-state index in [-0.39, 0.29) is 46.4 Å². The minimum atomic E-state index is -1.17. The number of rotatable bonds is 3. The summed E-state index contributed by atoms with van der Waals surface area (Å²) < 4.78 is 0. The molecule has 2 rings (SSSR count). The number of hydrogen-bond acceptors (Lipinski definition) is 5. The van der Waals surface area contributed by atoms with Crippen LogP contribution in [0.4, 0.5) is 11.6 Å². The van der Waals surface area contributed by atoms with Crippen molar-refractivity contribution >= 4 is 58.8 Å². The van der Waals surface area contributed by atoms with Gasteiger partial charge in [0.2, 0.25) is 5.28 Å². The number of aromatic nitrogens is 4. The van der Waals surface area contributed by atoms with Gasteiger partial charge in [-0.15, -0.1) is 0 Å². The van der Waals surface area contributed by atoms with Crippen LogP contribution >= 0.6 is 11.6 Å². The van der Waals surface area contributed by atoms with Crippen LogP contribution in [0.15, 0.2) is 12.1 Å². The zero-order valence-electron chi connectivity index (χ0n) is 8.73. The van der Waals surface area contributed by atoms with Crippen molar-refractivity contribution in [1.82, 2.24) is 20.2 Å². The Morgan fingerprint density at radius 2 is 2.11 bits per heavy atom. The maximum atomic E-state index is 10.8. The van der Waals surface area contributed by atoms with Crippen molar-refractivity contribution in [3.8, 4) is 0 Å². The third-order valence-electron chi connectivity index (χ3n) is 1.88. The zero-order chi connectivity index (χ0) is 12.4. The molecule has 0 unspecified atom stereocenters. The van der Waals surface area contributed by atoms with Crippen molar-refractivity contribution in [2.24, 2.45) is 0 Å². The summed E-state index contributed by atoms with van der Waals surface area (Å²) >= 11 is 5.61. The van der Waals surface area contributed by atoms with Gasteiger partial charge in [0.15, 0.2) is 11.5 Å². The molecule has 3 N–H and O–H groups in total. The Bertz CT molecular complexity index is 574. The number of aryl methyl sites for hydroxylation is 1. The number of carboxylic acid groups (broad SMARTS) is 1. The fourth-order valence-corrected chi connectivity index (χ4v) is 1.39. The van der Waals surface area contributed by atoms with Crippen molar-refractivity contribution in [2.45, 2.75) is 6.92 Å². The molecule has 9 heteroatoms. The molecule has 2 aromatic heterocycles. The Morgan fingerprint density at radius 1 is 1.39 bits per heavy atom. The molecule has 18 heavy (non-hydrogen) atoms. The van der Waals surface area contributed by atoms with Gasteiger partial charge >= 0.3 is 35.5 Å². The number of nitrogens with zero attached hydrogens (tertiary/aromatic N) is 3. The molecular formula is C9H9ClN5NaO2. The van der Waals surface area contributed by atoms with Crippen LogP contribution in [0, 0.1) is 6.92 Å². The third-order valence-corrected chi connectivity index (χ3v) is 2.05. The van der Waals surface area contributed by atoms with E-state index >= 15 is 0 Å². The molecule has 2 aromatic rings. The predicted octanol–water partition coefficient (Wildman–Crippen LogP) is 0.955. The average molecular weight is 278 g/mol. The molecule has 7 nitrogen and oxygen atoms in total. The number of nitrogens with one attached hydrogen (secondary N) is 2. The normalized spacial score (nSPS) is 9.67. The summed E-state index contributed by atoms with van der Waals surface area (Å²) in [6.07, 6.45) is 0. The Hall–Kier alpha value is -1.15. The average Bonchev–Trinajstić information content (AvgIpc) is 2.63. The summed E-state index contributed by atoms with van der Waals surface area (Å²) in [7, 11) is 0. The van der Waals surface area contributed by atoms with Crippen LogP contribution in [0.25, 0.3) is 0 Å². The molecule has 0 fully saturated rings. The van der Waals surface area contributed by atoms with Gasteiger partial charge in [0.25, 0.3) is 0 Å². The molecule has 0 spiro atoms. The van der Waals surface area contributed by atoms with Crippen LogP contribution < -0.4 is 5.32 Å². The molecule has 0 saturated heterocycles. The van der Waals surface area contributed by atoms with Gasteiger partial charge < -0.3 is 10.4 Å². The molecule has 0 aliphatic carbocycles. The number of H-pyrrole nitrogens is 1. The zero-order valence-corrected chi connectivity index (χ0v) is 9.49. The van der Waals surface area contributed by atoms with E-state index in [1.54, 1.807) is 6.07 Å². The molecular weight excluding hydrogens is 269 g/mol. The van der Waals surface area contributed by atoms with E-state index in [2.05, 4.69) is 25.5 Å². The molecule has 0 aliphatic heterocycles. The number of anilines is 2. The van der Waals surface area contributed by atoms with Crippen LogP contribution in [-0.4, -0.2) is 60.8 Å². The molecule has 0 radical (unpaired) electrons. The van der Waals surface area contributed by atoms with E-state index < -0.39 is 5.97 Å². The monoisotopic (exact) mass is 277 g/mol. The molecule has 2 heterocycles. The summed E-state index contributed by atoms with van der Waals surface area (Å²) in [5.74, 6) is -0.377. The predicted molar refractivity (Wildman–Crippen MR) is 67.8 cm³/mol. The number of aromatic amines is 1. The van der Waals surface area contributed by atoms with Crippen molar-refractivity contribution < 1.29 is 9.90 Å². The van der Waals surface area contributed by atoms with Gasteiger partial charge in [-0.2, -0.15) is 5.10 Å². The Morgan fingerprint density at radius 3 is 2.67 bits per heavy atom. The molecule has 0 saturated carbocycles. The summed E-state index contributed by atoms with van der Waals surface area (Å²) in [6.45, 7) is 1.84. The Labute approximate surface area is 129 Å². The summed E-state index contributed by atoms with van der Waals surface area (Å²) in [4.78, 5) is 18.2. The van der Waals surface area contributed by atoms with Crippen molar-refractivity contribution in [2.75, 3.05) is 5.32 Å². The minimum absolute atomic E-state index is 0. The van der Waals surface area contributed by atoms with Gasteiger partial charge in [-0.3, -0.25) is 5.10 Å². The van der Waals surface area contributed by atoms with Gasteiger partial charge in [0.05, 0.1) is 0 Å². The van der Waals surface area contributed by atoms with Crippen LogP contribution in [0.1, 0.15) is 16.2 Å². The fraction of sp³-hybridized carbons (Fsp3) is 0.111. The van der Waals surface area contributed by atoms with Gasteiger partial charge in [-0.25, -0.2) is 14.8 Å². The first-order chi connectivity index (χ1) is 8.04. The molecule has 0 aromatic carbocycles. The van der Waals surface area contributed by atoms with Crippen molar-refractivity contribution in [3.05, 3.63) is 28.8 Å². The van der Waals surface area contributed by atoms with Gasteiger partial charge in [0.1, 0.15) is 5.82 Å². The van der Waals surface area contributed by atoms with Gasteiger partial charge in [0, 0.05) is 17.8 Å². The van der Waals surface area contributed by atoms with Gasteiger partial charge in [-0.1, -0.05) is 0 Å². The summed E-state index contributed by atoms with van der Waals surface area (Å²) in [6, 6.07) is 3.02.